The van der Waals surface area contributed by atoms with Gasteiger partial charge in [-0.3, -0.25) is 4.79 Å². The SMILES string of the molecule is CCN1C(=S)N[C@H](c2cccc(NC(=O)c3ccc4c(c3)OCO4)c2)C(C(=O)OCCOC)=C1C. The first-order valence-corrected chi connectivity index (χ1v) is 11.6. The summed E-state index contributed by atoms with van der Waals surface area (Å²) in [5, 5.41) is 6.66. The van der Waals surface area contributed by atoms with Gasteiger partial charge in [0.15, 0.2) is 16.6 Å². The highest BCUT2D eigenvalue weighted by Crippen LogP contribution is 2.34. The molecular weight excluding hydrogens is 470 g/mol. The second-order valence-corrected chi connectivity index (χ2v) is 8.29. The Morgan fingerprint density at radius 2 is 1.97 bits per heavy atom. The van der Waals surface area contributed by atoms with Crippen LogP contribution in [0.25, 0.3) is 0 Å². The Morgan fingerprint density at radius 3 is 2.74 bits per heavy atom. The maximum Gasteiger partial charge on any atom is 0.338 e. The number of hydrogen-bond donors (Lipinski definition) is 2. The number of esters is 1. The molecule has 0 aromatic heterocycles. The van der Waals surface area contributed by atoms with E-state index in [2.05, 4.69) is 10.6 Å². The van der Waals surface area contributed by atoms with Crippen molar-refractivity contribution in [2.75, 3.05) is 39.0 Å². The van der Waals surface area contributed by atoms with E-state index in [-0.39, 0.29) is 19.3 Å². The normalized spacial score (nSPS) is 16.7. The minimum atomic E-state index is -0.539. The van der Waals surface area contributed by atoms with Crippen molar-refractivity contribution in [1.29, 1.82) is 0 Å². The fourth-order valence-corrected chi connectivity index (χ4v) is 4.39. The molecule has 35 heavy (non-hydrogen) atoms. The van der Waals surface area contributed by atoms with Crippen LogP contribution in [-0.4, -0.2) is 55.6 Å². The molecule has 2 aromatic rings. The first-order chi connectivity index (χ1) is 16.9. The predicted molar refractivity (Wildman–Crippen MR) is 133 cm³/mol. The van der Waals surface area contributed by atoms with Crippen LogP contribution in [0.15, 0.2) is 53.7 Å². The van der Waals surface area contributed by atoms with Crippen LogP contribution in [0.5, 0.6) is 11.5 Å². The minimum Gasteiger partial charge on any atom is -0.460 e. The number of hydrogen-bond acceptors (Lipinski definition) is 7. The van der Waals surface area contributed by atoms with Crippen LogP contribution in [0, 0.1) is 0 Å². The molecular formula is C25H27N3O6S. The number of nitrogens with one attached hydrogen (secondary N) is 2. The standard InChI is InChI=1S/C25H27N3O6S/c1-4-28-15(2)21(24(30)32-11-10-31-3)22(27-25(28)35)16-6-5-7-18(12-16)26-23(29)17-8-9-19-20(13-17)34-14-33-19/h5-9,12-13,22H,4,10-11,14H2,1-3H3,(H,26,29)(H,27,35)/t22-/m1/s1. The molecule has 2 heterocycles. The molecule has 1 amide bonds. The van der Waals surface area contributed by atoms with Crippen molar-refractivity contribution in [3.05, 3.63) is 64.9 Å². The van der Waals surface area contributed by atoms with Crippen molar-refractivity contribution in [3.8, 4) is 11.5 Å². The van der Waals surface area contributed by atoms with Crippen LogP contribution >= 0.6 is 12.2 Å². The number of amides is 1. The lowest BCUT2D eigenvalue weighted by atomic mass is 9.94. The number of nitrogens with zero attached hydrogens (tertiary/aromatic N) is 1. The molecule has 2 aliphatic rings. The van der Waals surface area contributed by atoms with Gasteiger partial charge in [-0.1, -0.05) is 12.1 Å². The lowest BCUT2D eigenvalue weighted by molar-refractivity contribution is -0.140. The molecule has 0 unspecified atom stereocenters. The molecule has 0 bridgehead atoms. The minimum absolute atomic E-state index is 0.136. The van der Waals surface area contributed by atoms with Crippen LogP contribution in [0.4, 0.5) is 5.69 Å². The second-order valence-electron chi connectivity index (χ2n) is 7.90. The molecule has 1 atom stereocenters. The first kappa shape index (κ1) is 24.5. The molecule has 9 nitrogen and oxygen atoms in total. The quantitative estimate of drug-likeness (QED) is 0.323. The van der Waals surface area contributed by atoms with E-state index in [1.165, 1.54) is 0 Å². The lowest BCUT2D eigenvalue weighted by Gasteiger charge is -2.37. The Bertz CT molecular complexity index is 1180. The number of allylic oxidation sites excluding steroid dienone is 1. The zero-order valence-corrected chi connectivity index (χ0v) is 20.6. The molecule has 2 aromatic carbocycles. The topological polar surface area (TPSA) is 98.4 Å². The Hall–Kier alpha value is -3.63. The summed E-state index contributed by atoms with van der Waals surface area (Å²) >= 11 is 5.55. The van der Waals surface area contributed by atoms with Gasteiger partial charge in [-0.25, -0.2) is 4.79 Å². The number of anilines is 1. The third kappa shape index (κ3) is 5.23. The van der Waals surface area contributed by atoms with Gasteiger partial charge in [-0.15, -0.1) is 0 Å². The smallest absolute Gasteiger partial charge is 0.338 e. The number of ether oxygens (including phenoxy) is 4. The van der Waals surface area contributed by atoms with E-state index >= 15 is 0 Å². The van der Waals surface area contributed by atoms with Crippen molar-refractivity contribution < 1.29 is 28.5 Å². The van der Waals surface area contributed by atoms with Gasteiger partial charge < -0.3 is 34.5 Å². The Labute approximate surface area is 209 Å². The van der Waals surface area contributed by atoms with Crippen LogP contribution in [0.3, 0.4) is 0 Å². The molecule has 10 heteroatoms. The van der Waals surface area contributed by atoms with Gasteiger partial charge >= 0.3 is 5.97 Å². The zero-order chi connectivity index (χ0) is 24.9. The molecule has 4 rings (SSSR count). The fourth-order valence-electron chi connectivity index (χ4n) is 4.01. The fraction of sp³-hybridized carbons (Fsp3) is 0.320. The maximum absolute atomic E-state index is 13.0. The summed E-state index contributed by atoms with van der Waals surface area (Å²) in [6.45, 7) is 4.98. The maximum atomic E-state index is 13.0. The van der Waals surface area contributed by atoms with E-state index in [0.29, 0.717) is 46.6 Å². The average Bonchev–Trinajstić information content (AvgIpc) is 3.32. The van der Waals surface area contributed by atoms with Crippen molar-refractivity contribution >= 4 is 34.9 Å². The van der Waals surface area contributed by atoms with Crippen molar-refractivity contribution in [3.63, 3.8) is 0 Å². The Kier molecular flexibility index (Phi) is 7.52. The first-order valence-electron chi connectivity index (χ1n) is 11.2. The van der Waals surface area contributed by atoms with Gasteiger partial charge in [0.05, 0.1) is 18.2 Å². The molecule has 0 saturated heterocycles. The highest BCUT2D eigenvalue weighted by atomic mass is 32.1. The van der Waals surface area contributed by atoms with Gasteiger partial charge in [-0.2, -0.15) is 0 Å². The highest BCUT2D eigenvalue weighted by molar-refractivity contribution is 7.80. The molecule has 0 saturated carbocycles. The van der Waals surface area contributed by atoms with Crippen molar-refractivity contribution in [2.45, 2.75) is 19.9 Å². The number of carbonyl (C=O) groups is 2. The van der Waals surface area contributed by atoms with Gasteiger partial charge in [0.1, 0.15) is 6.61 Å². The van der Waals surface area contributed by atoms with Gasteiger partial charge in [-0.05, 0) is 62.0 Å². The summed E-state index contributed by atoms with van der Waals surface area (Å²) in [4.78, 5) is 27.8. The van der Waals surface area contributed by atoms with E-state index in [1.54, 1.807) is 31.4 Å². The Balaban J connectivity index is 1.59. The Morgan fingerprint density at radius 1 is 1.17 bits per heavy atom. The molecule has 0 spiro atoms. The van der Waals surface area contributed by atoms with E-state index in [0.717, 1.165) is 11.3 Å². The predicted octanol–water partition coefficient (Wildman–Crippen LogP) is 3.38. The zero-order valence-electron chi connectivity index (χ0n) is 19.8. The van der Waals surface area contributed by atoms with E-state index in [4.69, 9.17) is 31.2 Å². The summed E-state index contributed by atoms with van der Waals surface area (Å²) in [6, 6.07) is 11.7. The van der Waals surface area contributed by atoms with Crippen LogP contribution < -0.4 is 20.1 Å². The van der Waals surface area contributed by atoms with E-state index in [9.17, 15) is 9.59 Å². The van der Waals surface area contributed by atoms with Crippen LogP contribution in [0.2, 0.25) is 0 Å². The number of fused-ring (bicyclic) bond motifs is 1. The summed E-state index contributed by atoms with van der Waals surface area (Å²) in [7, 11) is 1.55. The largest absolute Gasteiger partial charge is 0.460 e. The summed E-state index contributed by atoms with van der Waals surface area (Å²) in [6.07, 6.45) is 0. The highest BCUT2D eigenvalue weighted by Gasteiger charge is 2.34. The van der Waals surface area contributed by atoms with Crippen LogP contribution in [-0.2, 0) is 14.3 Å². The van der Waals surface area contributed by atoms with Gasteiger partial charge in [0.2, 0.25) is 6.79 Å². The average molecular weight is 498 g/mol. The molecule has 0 aliphatic carbocycles. The summed E-state index contributed by atoms with van der Waals surface area (Å²) in [5.74, 6) is 0.392. The monoisotopic (exact) mass is 497 g/mol. The van der Waals surface area contributed by atoms with Crippen molar-refractivity contribution in [2.24, 2.45) is 0 Å². The molecule has 184 valence electrons. The molecule has 0 fully saturated rings. The van der Waals surface area contributed by atoms with Gasteiger partial charge in [0.25, 0.3) is 5.91 Å². The number of thiocarbonyl (C=S) groups is 1. The number of methoxy groups -OCH3 is 1. The number of benzene rings is 2. The van der Waals surface area contributed by atoms with E-state index < -0.39 is 12.0 Å². The number of rotatable bonds is 8. The number of carbonyl (C=O) groups excluding carboxylic acids is 2. The summed E-state index contributed by atoms with van der Waals surface area (Å²) in [5.41, 5.74) is 2.94. The van der Waals surface area contributed by atoms with Crippen molar-refractivity contribution in [1.82, 2.24) is 10.2 Å². The van der Waals surface area contributed by atoms with E-state index in [1.807, 2.05) is 36.9 Å². The third-order valence-corrected chi connectivity index (χ3v) is 6.10. The molecule has 0 radical (unpaired) electrons. The van der Waals surface area contributed by atoms with Crippen LogP contribution in [0.1, 0.15) is 35.8 Å². The van der Waals surface area contributed by atoms with Gasteiger partial charge in [0, 0.05) is 30.6 Å². The lowest BCUT2D eigenvalue weighted by Crippen LogP contribution is -2.47. The molecule has 2 N–H and O–H groups in total. The third-order valence-electron chi connectivity index (χ3n) is 5.77. The second kappa shape index (κ2) is 10.7. The summed E-state index contributed by atoms with van der Waals surface area (Å²) < 4.78 is 21.1. The molecule has 2 aliphatic heterocycles.